The van der Waals surface area contributed by atoms with Crippen molar-refractivity contribution in [1.29, 1.82) is 0 Å². The van der Waals surface area contributed by atoms with Gasteiger partial charge in [-0.25, -0.2) is 18.6 Å². The number of hydrogen-bond donors (Lipinski definition) is 0. The number of hydrogen-bond acceptors (Lipinski definition) is 4. The number of halogens is 1. The zero-order valence-corrected chi connectivity index (χ0v) is 14.1. The van der Waals surface area contributed by atoms with Gasteiger partial charge < -0.3 is 0 Å². The maximum absolute atomic E-state index is 8.49. The van der Waals surface area contributed by atoms with Crippen molar-refractivity contribution < 1.29 is 33.4 Å². The van der Waals surface area contributed by atoms with Crippen molar-refractivity contribution in [3.63, 3.8) is 0 Å². The first-order valence-corrected chi connectivity index (χ1v) is 7.92. The summed E-state index contributed by atoms with van der Waals surface area (Å²) in [6, 6.07) is 10.9. The summed E-state index contributed by atoms with van der Waals surface area (Å²) >= 11 is 0. The summed E-state index contributed by atoms with van der Waals surface area (Å²) in [5, 5.41) is 0. The van der Waals surface area contributed by atoms with Crippen molar-refractivity contribution in [2.75, 3.05) is 0 Å². The van der Waals surface area contributed by atoms with Crippen LogP contribution in [0.1, 0.15) is 28.1 Å². The maximum Gasteiger partial charge on any atom is 0.214 e. The summed E-state index contributed by atoms with van der Waals surface area (Å²) in [5.41, 5.74) is 7.89. The Hall–Kier alpha value is -1.50. The number of rotatable bonds is 1. The molecule has 0 atom stereocenters. The molecule has 5 nitrogen and oxygen atoms in total. The lowest BCUT2D eigenvalue weighted by molar-refractivity contribution is -2.00. The molecule has 1 heterocycles. The summed E-state index contributed by atoms with van der Waals surface area (Å²) in [7, 11) is -4.94. The van der Waals surface area contributed by atoms with E-state index in [1.54, 1.807) is 0 Å². The third kappa shape index (κ3) is 5.36. The normalized spacial score (nSPS) is 11.0. The molecule has 0 fully saturated rings. The first-order chi connectivity index (χ1) is 10.0. The molecule has 120 valence electrons. The minimum Gasteiger partial charge on any atom is -0.222 e. The van der Waals surface area contributed by atoms with E-state index in [0.717, 1.165) is 0 Å². The fourth-order valence-electron chi connectivity index (χ4n) is 2.47. The van der Waals surface area contributed by atoms with Gasteiger partial charge in [0.2, 0.25) is 5.69 Å². The molecule has 0 aliphatic heterocycles. The van der Waals surface area contributed by atoms with Crippen molar-refractivity contribution in [1.82, 2.24) is 0 Å². The topological polar surface area (TPSA) is 96.1 Å². The Kier molecular flexibility index (Phi) is 6.05. The fourth-order valence-corrected chi connectivity index (χ4v) is 2.47. The van der Waals surface area contributed by atoms with E-state index in [2.05, 4.69) is 69.5 Å². The van der Waals surface area contributed by atoms with Crippen LogP contribution in [-0.4, -0.2) is 0 Å². The Balaban J connectivity index is 0.000000422. The minimum absolute atomic E-state index is 1.29. The Labute approximate surface area is 132 Å². The molecule has 1 aromatic carbocycles. The lowest BCUT2D eigenvalue weighted by atomic mass is 10.1. The van der Waals surface area contributed by atoms with Gasteiger partial charge in [0.25, 0.3) is 0 Å². The van der Waals surface area contributed by atoms with Gasteiger partial charge in [0.1, 0.15) is 0 Å². The van der Waals surface area contributed by atoms with Gasteiger partial charge in [0.05, 0.1) is 0 Å². The summed E-state index contributed by atoms with van der Waals surface area (Å²) in [6.45, 7) is 10.8. The van der Waals surface area contributed by atoms with E-state index in [1.807, 2.05) is 0 Å². The van der Waals surface area contributed by atoms with E-state index in [9.17, 15) is 0 Å². The smallest absolute Gasteiger partial charge is 0.214 e. The molecule has 0 spiro atoms. The van der Waals surface area contributed by atoms with Crippen molar-refractivity contribution in [2.45, 2.75) is 34.6 Å². The molecule has 2 rings (SSSR count). The largest absolute Gasteiger partial charge is 0.222 e. The lowest BCUT2D eigenvalue weighted by Gasteiger charge is -2.17. The molecule has 0 aliphatic rings. The first-order valence-electron chi connectivity index (χ1n) is 6.69. The highest BCUT2D eigenvalue weighted by atomic mass is 35.7. The number of aryl methyl sites for hydroxylation is 4. The quantitative estimate of drug-likeness (QED) is 0.612. The summed E-state index contributed by atoms with van der Waals surface area (Å²) < 4.78 is 36.3. The number of aromatic nitrogens is 1. The van der Waals surface area contributed by atoms with E-state index in [1.165, 1.54) is 33.8 Å². The van der Waals surface area contributed by atoms with Crippen LogP contribution in [0.5, 0.6) is 0 Å². The van der Waals surface area contributed by atoms with Crippen molar-refractivity contribution in [3.8, 4) is 5.69 Å². The average Bonchev–Trinajstić information content (AvgIpc) is 2.31. The third-order valence-corrected chi connectivity index (χ3v) is 3.40. The van der Waals surface area contributed by atoms with Gasteiger partial charge >= 0.3 is 0 Å². The van der Waals surface area contributed by atoms with Gasteiger partial charge in [0.15, 0.2) is 11.4 Å². The molecule has 22 heavy (non-hydrogen) atoms. The second-order valence-electron chi connectivity index (χ2n) is 5.25. The van der Waals surface area contributed by atoms with Crippen LogP contribution in [-0.2, 0) is 0 Å². The van der Waals surface area contributed by atoms with Crippen LogP contribution in [0.15, 0.2) is 30.3 Å². The molecule has 0 radical (unpaired) electrons. The predicted octanol–water partition coefficient (Wildman–Crippen LogP) is -1.25. The van der Waals surface area contributed by atoms with Crippen LogP contribution < -0.4 is 23.2 Å². The molecule has 0 amide bonds. The zero-order chi connectivity index (χ0) is 17.1. The molecule has 0 N–H and O–H groups in total. The Bertz CT molecular complexity index is 637. The van der Waals surface area contributed by atoms with E-state index < -0.39 is 10.2 Å². The fraction of sp³-hybridized carbons (Fsp3) is 0.312. The Morgan fingerprint density at radius 1 is 0.818 bits per heavy atom. The molecule has 6 heteroatoms. The number of pyridine rings is 1. The second kappa shape index (κ2) is 7.17. The highest BCUT2D eigenvalue weighted by Gasteiger charge is 2.17. The lowest BCUT2D eigenvalue weighted by Crippen LogP contribution is -2.68. The summed E-state index contributed by atoms with van der Waals surface area (Å²) in [6.07, 6.45) is 0. The van der Waals surface area contributed by atoms with Crippen LogP contribution in [0.25, 0.3) is 5.69 Å². The first kappa shape index (κ1) is 18.5. The summed E-state index contributed by atoms with van der Waals surface area (Å²) in [5.74, 6) is 0. The van der Waals surface area contributed by atoms with Crippen LogP contribution in [0.4, 0.5) is 0 Å². The van der Waals surface area contributed by atoms with Crippen LogP contribution >= 0.6 is 0 Å². The highest BCUT2D eigenvalue weighted by molar-refractivity contribution is 5.39. The monoisotopic (exact) mass is 325 g/mol. The van der Waals surface area contributed by atoms with E-state index in [4.69, 9.17) is 18.6 Å². The number of nitrogens with zero attached hydrogens (tertiary/aromatic N) is 1. The van der Waals surface area contributed by atoms with Crippen LogP contribution in [0.3, 0.4) is 0 Å². The standard InChI is InChI=1S/C16H20N.ClHO4/c1-11-9-13(3)17(14(4)10-11)16-8-6-7-12(2)15(16)5;2-1(3,4)5/h6-10H,1-5H3;(H,2,3,4,5)/q+1;/p-1. The zero-order valence-electron chi connectivity index (χ0n) is 13.3. The molecular formula is C16H20ClNO4. The SMILES string of the molecule is Cc1cc(C)[n+](-c2cccc(C)c2C)c(C)c1.[O-][Cl+3]([O-])([O-])[O-]. The third-order valence-electron chi connectivity index (χ3n) is 3.40. The van der Waals surface area contributed by atoms with Crippen molar-refractivity contribution >= 4 is 0 Å². The molecule has 1 aromatic heterocycles. The Morgan fingerprint density at radius 2 is 1.27 bits per heavy atom. The maximum atomic E-state index is 8.49. The van der Waals surface area contributed by atoms with Gasteiger partial charge in [-0.1, -0.05) is 12.1 Å². The molecule has 0 saturated carbocycles. The molecule has 2 aromatic rings. The minimum atomic E-state index is -4.94. The van der Waals surface area contributed by atoms with Gasteiger partial charge in [0, 0.05) is 37.6 Å². The molecular weight excluding hydrogens is 306 g/mol. The molecule has 0 unspecified atom stereocenters. The van der Waals surface area contributed by atoms with E-state index in [0.29, 0.717) is 0 Å². The van der Waals surface area contributed by atoms with Gasteiger partial charge in [-0.3, -0.25) is 0 Å². The average molecular weight is 326 g/mol. The second-order valence-corrected chi connectivity index (χ2v) is 6.00. The summed E-state index contributed by atoms with van der Waals surface area (Å²) in [4.78, 5) is 0. The van der Waals surface area contributed by atoms with Crippen LogP contribution in [0, 0.1) is 44.9 Å². The van der Waals surface area contributed by atoms with Gasteiger partial charge in [-0.15, -0.1) is 10.2 Å². The number of benzene rings is 1. The van der Waals surface area contributed by atoms with Crippen molar-refractivity contribution in [2.24, 2.45) is 0 Å². The van der Waals surface area contributed by atoms with E-state index >= 15 is 0 Å². The highest BCUT2D eigenvalue weighted by Crippen LogP contribution is 2.15. The Morgan fingerprint density at radius 3 is 1.73 bits per heavy atom. The van der Waals surface area contributed by atoms with E-state index in [-0.39, 0.29) is 0 Å². The molecule has 0 bridgehead atoms. The van der Waals surface area contributed by atoms with Crippen molar-refractivity contribution in [3.05, 3.63) is 58.4 Å². The molecule has 0 saturated heterocycles. The van der Waals surface area contributed by atoms with Gasteiger partial charge in [-0.2, -0.15) is 4.57 Å². The van der Waals surface area contributed by atoms with Gasteiger partial charge in [-0.05, 0) is 31.9 Å². The molecule has 0 aliphatic carbocycles. The van der Waals surface area contributed by atoms with Crippen LogP contribution in [0.2, 0.25) is 0 Å². The predicted molar refractivity (Wildman–Crippen MR) is 71.7 cm³/mol.